The van der Waals surface area contributed by atoms with Crippen LogP contribution >= 0.6 is 0 Å². The van der Waals surface area contributed by atoms with Crippen molar-refractivity contribution in [2.75, 3.05) is 6.61 Å². The van der Waals surface area contributed by atoms with Crippen molar-refractivity contribution in [3.63, 3.8) is 0 Å². The molecule has 1 aromatic rings. The van der Waals surface area contributed by atoms with E-state index in [4.69, 9.17) is 5.11 Å². The first-order valence-electron chi connectivity index (χ1n) is 5.05. The van der Waals surface area contributed by atoms with Gasteiger partial charge in [0.05, 0.1) is 17.7 Å². The zero-order valence-corrected chi connectivity index (χ0v) is 9.33. The zero-order valence-electron chi connectivity index (χ0n) is 9.33. The Bertz CT molecular complexity index is 361. The fourth-order valence-electron chi connectivity index (χ4n) is 1.10. The van der Waals surface area contributed by atoms with E-state index in [1.165, 1.54) is 6.07 Å². The first kappa shape index (κ1) is 12.6. The number of carbonyl (C=O) groups is 1. The molecular formula is C11H15FN2O2. The SMILES string of the molecule is CCC(C)(CO)NC(=O)c1ccc(F)nc1. The van der Waals surface area contributed by atoms with Gasteiger partial charge in [-0.25, -0.2) is 4.98 Å². The van der Waals surface area contributed by atoms with Gasteiger partial charge in [0.2, 0.25) is 5.95 Å². The lowest BCUT2D eigenvalue weighted by molar-refractivity contribution is 0.0847. The summed E-state index contributed by atoms with van der Waals surface area (Å²) in [4.78, 5) is 15.1. The van der Waals surface area contributed by atoms with Gasteiger partial charge < -0.3 is 10.4 Å². The van der Waals surface area contributed by atoms with Crippen molar-refractivity contribution >= 4 is 5.91 Å². The third-order valence-electron chi connectivity index (χ3n) is 2.53. The Labute approximate surface area is 93.5 Å². The molecule has 1 aromatic heterocycles. The fourth-order valence-corrected chi connectivity index (χ4v) is 1.10. The van der Waals surface area contributed by atoms with E-state index in [0.29, 0.717) is 6.42 Å². The lowest BCUT2D eigenvalue weighted by atomic mass is 10.00. The van der Waals surface area contributed by atoms with Crippen LogP contribution in [0.5, 0.6) is 0 Å². The standard InChI is InChI=1S/C11H15FN2O2/c1-3-11(2,7-15)14-10(16)8-4-5-9(12)13-6-8/h4-6,15H,3,7H2,1-2H3,(H,14,16). The Hall–Kier alpha value is -1.49. The Balaban J connectivity index is 2.76. The number of amides is 1. The second-order valence-corrected chi connectivity index (χ2v) is 3.90. The summed E-state index contributed by atoms with van der Waals surface area (Å²) in [5.41, 5.74) is -0.389. The summed E-state index contributed by atoms with van der Waals surface area (Å²) in [5.74, 6) is -0.997. The number of aliphatic hydroxyl groups excluding tert-OH is 1. The number of hydrogen-bond donors (Lipinski definition) is 2. The van der Waals surface area contributed by atoms with Crippen molar-refractivity contribution in [3.8, 4) is 0 Å². The molecule has 1 unspecified atom stereocenters. The van der Waals surface area contributed by atoms with E-state index in [1.54, 1.807) is 6.92 Å². The summed E-state index contributed by atoms with van der Waals surface area (Å²) >= 11 is 0. The normalized spacial score (nSPS) is 14.2. The highest BCUT2D eigenvalue weighted by Crippen LogP contribution is 2.09. The van der Waals surface area contributed by atoms with Gasteiger partial charge in [-0.1, -0.05) is 6.92 Å². The maximum atomic E-state index is 12.5. The van der Waals surface area contributed by atoms with E-state index in [1.807, 2.05) is 6.92 Å². The van der Waals surface area contributed by atoms with Crippen LogP contribution in [0.3, 0.4) is 0 Å². The van der Waals surface area contributed by atoms with E-state index in [0.717, 1.165) is 12.3 Å². The molecule has 1 amide bonds. The van der Waals surface area contributed by atoms with Gasteiger partial charge in [-0.15, -0.1) is 0 Å². The van der Waals surface area contributed by atoms with Crippen molar-refractivity contribution in [1.29, 1.82) is 0 Å². The molecule has 0 aliphatic carbocycles. The minimum atomic E-state index is -0.661. The predicted octanol–water partition coefficient (Wildman–Crippen LogP) is 1.11. The van der Waals surface area contributed by atoms with Gasteiger partial charge in [0.15, 0.2) is 0 Å². The average Bonchev–Trinajstić information content (AvgIpc) is 2.29. The summed E-state index contributed by atoms with van der Waals surface area (Å²) in [6, 6.07) is 2.47. The van der Waals surface area contributed by atoms with Crippen molar-refractivity contribution in [2.24, 2.45) is 0 Å². The van der Waals surface area contributed by atoms with Crippen molar-refractivity contribution in [1.82, 2.24) is 10.3 Å². The zero-order chi connectivity index (χ0) is 12.2. The minimum absolute atomic E-state index is 0.149. The quantitative estimate of drug-likeness (QED) is 0.756. The van der Waals surface area contributed by atoms with Gasteiger partial charge >= 0.3 is 0 Å². The van der Waals surface area contributed by atoms with Crippen molar-refractivity contribution < 1.29 is 14.3 Å². The largest absolute Gasteiger partial charge is 0.394 e. The fraction of sp³-hybridized carbons (Fsp3) is 0.455. The molecule has 2 N–H and O–H groups in total. The second kappa shape index (κ2) is 5.03. The molecule has 0 spiro atoms. The highest BCUT2D eigenvalue weighted by atomic mass is 19.1. The Morgan fingerprint density at radius 2 is 2.31 bits per heavy atom. The molecule has 0 aromatic carbocycles. The number of carbonyl (C=O) groups excluding carboxylic acids is 1. The molecule has 1 atom stereocenters. The van der Waals surface area contributed by atoms with E-state index >= 15 is 0 Å². The smallest absolute Gasteiger partial charge is 0.253 e. The average molecular weight is 226 g/mol. The number of aromatic nitrogens is 1. The van der Waals surface area contributed by atoms with Crippen LogP contribution in [-0.2, 0) is 0 Å². The monoisotopic (exact) mass is 226 g/mol. The topological polar surface area (TPSA) is 62.2 Å². The van der Waals surface area contributed by atoms with Crippen LogP contribution in [0.25, 0.3) is 0 Å². The van der Waals surface area contributed by atoms with E-state index in [9.17, 15) is 9.18 Å². The van der Waals surface area contributed by atoms with Crippen LogP contribution in [0.15, 0.2) is 18.3 Å². The number of aliphatic hydroxyl groups is 1. The van der Waals surface area contributed by atoms with Gasteiger partial charge in [-0.05, 0) is 25.5 Å². The van der Waals surface area contributed by atoms with Crippen LogP contribution in [-0.4, -0.2) is 28.1 Å². The molecule has 0 radical (unpaired) electrons. The molecular weight excluding hydrogens is 211 g/mol. The number of nitrogens with one attached hydrogen (secondary N) is 1. The summed E-state index contributed by atoms with van der Waals surface area (Å²) in [6.07, 6.45) is 1.77. The number of pyridine rings is 1. The molecule has 1 rings (SSSR count). The Morgan fingerprint density at radius 3 is 2.75 bits per heavy atom. The maximum Gasteiger partial charge on any atom is 0.253 e. The predicted molar refractivity (Wildman–Crippen MR) is 57.4 cm³/mol. The number of halogens is 1. The molecule has 0 bridgehead atoms. The number of nitrogens with zero attached hydrogens (tertiary/aromatic N) is 1. The second-order valence-electron chi connectivity index (χ2n) is 3.90. The van der Waals surface area contributed by atoms with Gasteiger partial charge in [-0.3, -0.25) is 4.79 Å². The van der Waals surface area contributed by atoms with Gasteiger partial charge in [0.25, 0.3) is 5.91 Å². The molecule has 5 heteroatoms. The van der Waals surface area contributed by atoms with Crippen molar-refractivity contribution in [2.45, 2.75) is 25.8 Å². The van der Waals surface area contributed by atoms with Gasteiger partial charge in [0.1, 0.15) is 0 Å². The number of hydrogen-bond acceptors (Lipinski definition) is 3. The first-order valence-corrected chi connectivity index (χ1v) is 5.05. The third kappa shape index (κ3) is 3.00. The molecule has 0 saturated carbocycles. The van der Waals surface area contributed by atoms with E-state index in [-0.39, 0.29) is 18.1 Å². The van der Waals surface area contributed by atoms with Crippen LogP contribution in [0.1, 0.15) is 30.6 Å². The molecule has 0 saturated heterocycles. The molecule has 4 nitrogen and oxygen atoms in total. The van der Waals surface area contributed by atoms with E-state index in [2.05, 4.69) is 10.3 Å². The summed E-state index contributed by atoms with van der Waals surface area (Å²) in [7, 11) is 0. The molecule has 0 fully saturated rings. The lowest BCUT2D eigenvalue weighted by Gasteiger charge is -2.27. The lowest BCUT2D eigenvalue weighted by Crippen LogP contribution is -2.48. The molecule has 1 heterocycles. The van der Waals surface area contributed by atoms with Gasteiger partial charge in [0, 0.05) is 6.20 Å². The first-order chi connectivity index (χ1) is 7.50. The summed E-state index contributed by atoms with van der Waals surface area (Å²) < 4.78 is 12.5. The highest BCUT2D eigenvalue weighted by molar-refractivity contribution is 5.94. The van der Waals surface area contributed by atoms with Crippen molar-refractivity contribution in [3.05, 3.63) is 29.8 Å². The van der Waals surface area contributed by atoms with Crippen LogP contribution in [0.4, 0.5) is 4.39 Å². The van der Waals surface area contributed by atoms with Crippen LogP contribution < -0.4 is 5.32 Å². The molecule has 16 heavy (non-hydrogen) atoms. The van der Waals surface area contributed by atoms with Crippen LogP contribution in [0.2, 0.25) is 0 Å². The highest BCUT2D eigenvalue weighted by Gasteiger charge is 2.23. The molecule has 0 aliphatic rings. The molecule has 0 aliphatic heterocycles. The minimum Gasteiger partial charge on any atom is -0.394 e. The Morgan fingerprint density at radius 1 is 1.62 bits per heavy atom. The molecule has 88 valence electrons. The summed E-state index contributed by atoms with van der Waals surface area (Å²) in [6.45, 7) is 3.45. The Kier molecular flexibility index (Phi) is 3.95. The van der Waals surface area contributed by atoms with Gasteiger partial charge in [-0.2, -0.15) is 4.39 Å². The van der Waals surface area contributed by atoms with E-state index < -0.39 is 11.5 Å². The summed E-state index contributed by atoms with van der Waals surface area (Å²) in [5, 5.41) is 11.8. The maximum absolute atomic E-state index is 12.5. The third-order valence-corrected chi connectivity index (χ3v) is 2.53. The number of rotatable bonds is 4. The van der Waals surface area contributed by atoms with Crippen LogP contribution in [0, 0.1) is 5.95 Å².